The van der Waals surface area contributed by atoms with Crippen molar-refractivity contribution >= 4 is 46.6 Å². The fraction of sp³-hybridized carbons (Fsp3) is 0.441. The largest absolute Gasteiger partial charge is 0.573 e. The van der Waals surface area contributed by atoms with Crippen LogP contribution in [0, 0.1) is 13.8 Å². The third-order valence-corrected chi connectivity index (χ3v) is 10.3. The number of methoxy groups -OCH3 is 1. The number of nitrogens with zero attached hydrogens (tertiary/aromatic N) is 4. The smallest absolute Gasteiger partial charge is 0.469 e. The van der Waals surface area contributed by atoms with Gasteiger partial charge in [0.2, 0.25) is 5.91 Å². The van der Waals surface area contributed by atoms with Gasteiger partial charge in [-0.2, -0.15) is 0 Å². The van der Waals surface area contributed by atoms with Gasteiger partial charge in [-0.3, -0.25) is 24.2 Å². The van der Waals surface area contributed by atoms with E-state index in [-0.39, 0.29) is 54.8 Å². The summed E-state index contributed by atoms with van der Waals surface area (Å²) in [6.07, 6.45) is -2.48. The first-order valence-corrected chi connectivity index (χ1v) is 17.2. The van der Waals surface area contributed by atoms with E-state index >= 15 is 0 Å². The predicted octanol–water partition coefficient (Wildman–Crippen LogP) is 3.49. The van der Waals surface area contributed by atoms with Crippen LogP contribution in [0.2, 0.25) is 0 Å². The molecule has 3 amide bonds. The van der Waals surface area contributed by atoms with E-state index in [2.05, 4.69) is 19.8 Å². The molecule has 16 heteroatoms. The maximum absolute atomic E-state index is 13.3. The lowest BCUT2D eigenvalue weighted by Crippen LogP contribution is -2.50. The Bertz CT molecular complexity index is 1720. The fourth-order valence-corrected chi connectivity index (χ4v) is 7.22. The van der Waals surface area contributed by atoms with Crippen LogP contribution in [0.1, 0.15) is 58.3 Å². The van der Waals surface area contributed by atoms with Crippen LogP contribution in [0.3, 0.4) is 0 Å². The van der Waals surface area contributed by atoms with E-state index in [1.807, 2.05) is 13.8 Å². The molecule has 0 saturated carbocycles. The normalized spacial score (nSPS) is 18.6. The van der Waals surface area contributed by atoms with Gasteiger partial charge in [-0.25, -0.2) is 8.51 Å². The first-order chi connectivity index (χ1) is 23.7. The molecule has 3 heterocycles. The molecule has 1 atom stereocenters. The first-order valence-electron chi connectivity index (χ1n) is 16.0. The van der Waals surface area contributed by atoms with Crippen molar-refractivity contribution in [2.24, 2.45) is 4.99 Å². The molecule has 1 spiro atoms. The van der Waals surface area contributed by atoms with Gasteiger partial charge in [0.15, 0.2) is 0 Å². The number of piperazine rings is 1. The highest BCUT2D eigenvalue weighted by Crippen LogP contribution is 2.33. The highest BCUT2D eigenvalue weighted by molar-refractivity contribution is 7.85. The van der Waals surface area contributed by atoms with Crippen LogP contribution in [0.25, 0.3) is 6.08 Å². The van der Waals surface area contributed by atoms with E-state index in [9.17, 15) is 36.6 Å². The number of hydrogen-bond acceptors (Lipinski definition) is 8. The number of aryl methyl sites for hydroxylation is 2. The number of halogens is 3. The van der Waals surface area contributed by atoms with Crippen LogP contribution in [-0.4, -0.2) is 106 Å². The highest BCUT2D eigenvalue weighted by Gasteiger charge is 2.46. The topological polar surface area (TPSA) is 138 Å². The van der Waals surface area contributed by atoms with Crippen LogP contribution < -0.4 is 10.1 Å². The molecular formula is C34H38F3N5O7S. The second-order valence-electron chi connectivity index (χ2n) is 12.3. The number of ether oxygens (including phenoxy) is 2. The van der Waals surface area contributed by atoms with Gasteiger partial charge in [-0.15, -0.1) is 13.2 Å². The van der Waals surface area contributed by atoms with Crippen molar-refractivity contribution in [2.75, 3.05) is 46.4 Å². The van der Waals surface area contributed by atoms with E-state index in [0.717, 1.165) is 28.8 Å². The van der Waals surface area contributed by atoms with Crippen molar-refractivity contribution < 1.29 is 46.0 Å². The van der Waals surface area contributed by atoms with Gasteiger partial charge in [-0.1, -0.05) is 12.1 Å². The van der Waals surface area contributed by atoms with Crippen molar-refractivity contribution in [1.82, 2.24) is 19.4 Å². The van der Waals surface area contributed by atoms with E-state index in [1.54, 1.807) is 37.7 Å². The van der Waals surface area contributed by atoms with E-state index in [4.69, 9.17) is 0 Å². The molecule has 2 saturated heterocycles. The maximum Gasteiger partial charge on any atom is 0.573 e. The SMILES string of the molecule is COC(=O)CCC(=O)N1CCN(C(=O)c2cc(C)c(/C=C/S(=O)N3CCC4(CC3)N=C(c3cccc(OC(F)(F)F)c3)NC4=O)c(C)c2)CC1. The number of piperidine rings is 1. The standard InChI is InChI=1S/C34H38F3N5O7S/c1-22-19-25(31(45)41-16-14-40(15-17-41)28(43)7-8-29(44)48-3)20-23(2)27(22)9-18-50(47)42-12-10-33(11-13-42)32(46)38-30(39-33)24-5-4-6-26(21-24)49-34(35,36)37/h4-6,9,18-21H,7-8,10-17H2,1-3H3,(H,38,39,46)/b18-9+. The molecule has 0 radical (unpaired) electrons. The molecular weight excluding hydrogens is 679 g/mol. The van der Waals surface area contributed by atoms with Gasteiger partial charge in [0.05, 0.1) is 13.5 Å². The van der Waals surface area contributed by atoms with Crippen molar-refractivity contribution in [1.29, 1.82) is 0 Å². The molecule has 12 nitrogen and oxygen atoms in total. The third kappa shape index (κ3) is 8.59. The Morgan fingerprint density at radius 3 is 2.24 bits per heavy atom. The Kier molecular flexibility index (Phi) is 11.1. The third-order valence-electron chi connectivity index (χ3n) is 9.01. The molecule has 0 aromatic heterocycles. The zero-order valence-corrected chi connectivity index (χ0v) is 28.7. The average molecular weight is 718 g/mol. The minimum Gasteiger partial charge on any atom is -0.469 e. The number of rotatable bonds is 9. The minimum atomic E-state index is -4.85. The number of carbonyl (C=O) groups excluding carboxylic acids is 4. The Balaban J connectivity index is 1.16. The summed E-state index contributed by atoms with van der Waals surface area (Å²) in [5, 5.41) is 4.25. The molecule has 0 bridgehead atoms. The molecule has 1 N–H and O–H groups in total. The van der Waals surface area contributed by atoms with Gasteiger partial charge in [0.25, 0.3) is 11.8 Å². The minimum absolute atomic E-state index is 0.0165. The Labute approximate surface area is 289 Å². The number of nitrogens with one attached hydrogen (secondary N) is 1. The van der Waals surface area contributed by atoms with Crippen molar-refractivity contribution in [2.45, 2.75) is 51.4 Å². The monoisotopic (exact) mass is 717 g/mol. The zero-order valence-electron chi connectivity index (χ0n) is 27.9. The van der Waals surface area contributed by atoms with Crippen LogP contribution >= 0.6 is 0 Å². The van der Waals surface area contributed by atoms with E-state index < -0.39 is 34.6 Å². The lowest BCUT2D eigenvalue weighted by atomic mass is 9.89. The molecule has 2 aromatic carbocycles. The van der Waals surface area contributed by atoms with Crippen molar-refractivity contribution in [3.8, 4) is 5.75 Å². The van der Waals surface area contributed by atoms with Crippen LogP contribution in [0.5, 0.6) is 5.75 Å². The maximum atomic E-state index is 13.3. The number of hydrogen-bond donors (Lipinski definition) is 1. The van der Waals surface area contributed by atoms with Gasteiger partial charge >= 0.3 is 12.3 Å². The molecule has 268 valence electrons. The number of aliphatic imine (C=N–C) groups is 1. The molecule has 50 heavy (non-hydrogen) atoms. The lowest BCUT2D eigenvalue weighted by molar-refractivity contribution is -0.274. The van der Waals surface area contributed by atoms with Crippen LogP contribution in [-0.2, 0) is 30.1 Å². The lowest BCUT2D eigenvalue weighted by Gasteiger charge is -2.35. The quantitative estimate of drug-likeness (QED) is 0.392. The molecule has 3 aliphatic heterocycles. The summed E-state index contributed by atoms with van der Waals surface area (Å²) < 4.78 is 61.6. The summed E-state index contributed by atoms with van der Waals surface area (Å²) in [5.74, 6) is -1.36. The van der Waals surface area contributed by atoms with Crippen molar-refractivity contribution in [3.05, 3.63) is 69.6 Å². The Morgan fingerprint density at radius 2 is 1.62 bits per heavy atom. The molecule has 2 aromatic rings. The molecule has 1 unspecified atom stereocenters. The summed E-state index contributed by atoms with van der Waals surface area (Å²) in [5.41, 5.74) is 2.16. The number of carbonyl (C=O) groups is 4. The second-order valence-corrected chi connectivity index (χ2v) is 13.6. The van der Waals surface area contributed by atoms with Gasteiger partial charge in [0, 0.05) is 62.2 Å². The molecule has 2 fully saturated rings. The number of amidine groups is 1. The van der Waals surface area contributed by atoms with E-state index in [0.29, 0.717) is 44.8 Å². The number of benzene rings is 2. The van der Waals surface area contributed by atoms with Gasteiger partial charge < -0.3 is 24.6 Å². The molecule has 5 rings (SSSR count). The number of amides is 3. The Morgan fingerprint density at radius 1 is 0.980 bits per heavy atom. The summed E-state index contributed by atoms with van der Waals surface area (Å²) in [6.45, 7) is 5.83. The highest BCUT2D eigenvalue weighted by atomic mass is 32.2. The summed E-state index contributed by atoms with van der Waals surface area (Å²) in [4.78, 5) is 58.0. The average Bonchev–Trinajstić information content (AvgIpc) is 3.40. The zero-order chi connectivity index (χ0) is 36.2. The second kappa shape index (κ2) is 15.1. The molecule has 0 aliphatic carbocycles. The summed E-state index contributed by atoms with van der Waals surface area (Å²) in [6, 6.07) is 8.82. The fourth-order valence-electron chi connectivity index (χ4n) is 6.25. The van der Waals surface area contributed by atoms with Gasteiger partial charge in [0.1, 0.15) is 28.1 Å². The summed E-state index contributed by atoms with van der Waals surface area (Å²) in [7, 11) is -0.247. The summed E-state index contributed by atoms with van der Waals surface area (Å²) >= 11 is 0. The number of esters is 1. The number of alkyl halides is 3. The van der Waals surface area contributed by atoms with Crippen molar-refractivity contribution in [3.63, 3.8) is 0 Å². The first kappa shape index (κ1) is 36.7. The predicted molar refractivity (Wildman–Crippen MR) is 178 cm³/mol. The van der Waals surface area contributed by atoms with E-state index in [1.165, 1.54) is 19.2 Å². The van der Waals surface area contributed by atoms with Crippen LogP contribution in [0.15, 0.2) is 46.8 Å². The van der Waals surface area contributed by atoms with Gasteiger partial charge in [-0.05, 0) is 73.7 Å². The Hall–Kier alpha value is -4.57. The van der Waals surface area contributed by atoms with Crippen LogP contribution in [0.4, 0.5) is 13.2 Å². The molecule has 3 aliphatic rings.